The molecule has 0 saturated heterocycles. The third-order valence-corrected chi connectivity index (χ3v) is 5.83. The standard InChI is InChI=1S/C23H17BrClFN2O2/c1-13-2-9-20-18(10-13)22(14-3-6-16(26)7-4-14)28(12-21(29)27-20)23(30)17-11-15(24)5-8-19(17)25/h2-11,22H,12H2,1H3,(H,27,29). The minimum Gasteiger partial charge on any atom is -0.324 e. The Balaban J connectivity index is 1.92. The highest BCUT2D eigenvalue weighted by atomic mass is 79.9. The van der Waals surface area contributed by atoms with Crippen LogP contribution in [0, 0.1) is 12.7 Å². The van der Waals surface area contributed by atoms with Crippen LogP contribution in [0.2, 0.25) is 5.02 Å². The van der Waals surface area contributed by atoms with Gasteiger partial charge in [-0.05, 0) is 48.9 Å². The van der Waals surface area contributed by atoms with Gasteiger partial charge >= 0.3 is 0 Å². The second-order valence-electron chi connectivity index (χ2n) is 7.15. The maximum atomic E-state index is 13.6. The van der Waals surface area contributed by atoms with Gasteiger partial charge in [-0.15, -0.1) is 0 Å². The van der Waals surface area contributed by atoms with Crippen molar-refractivity contribution in [2.75, 3.05) is 11.9 Å². The third kappa shape index (κ3) is 3.98. The van der Waals surface area contributed by atoms with E-state index in [0.29, 0.717) is 15.7 Å². The normalized spacial score (nSPS) is 15.9. The van der Waals surface area contributed by atoms with Crippen LogP contribution < -0.4 is 5.32 Å². The van der Waals surface area contributed by atoms with E-state index < -0.39 is 6.04 Å². The highest BCUT2D eigenvalue weighted by Crippen LogP contribution is 2.38. The predicted octanol–water partition coefficient (Wildman–Crippen LogP) is 5.73. The summed E-state index contributed by atoms with van der Waals surface area (Å²) in [5.74, 6) is -1.08. The van der Waals surface area contributed by atoms with E-state index in [4.69, 9.17) is 11.6 Å². The van der Waals surface area contributed by atoms with Crippen LogP contribution in [0.1, 0.15) is 33.1 Å². The lowest BCUT2D eigenvalue weighted by molar-refractivity contribution is -0.117. The van der Waals surface area contributed by atoms with Crippen LogP contribution in [0.5, 0.6) is 0 Å². The van der Waals surface area contributed by atoms with Crippen molar-refractivity contribution in [3.63, 3.8) is 0 Å². The molecule has 1 aliphatic rings. The molecule has 0 fully saturated rings. The number of aryl methyl sites for hydroxylation is 1. The number of nitrogens with zero attached hydrogens (tertiary/aromatic N) is 1. The first-order valence-electron chi connectivity index (χ1n) is 9.25. The smallest absolute Gasteiger partial charge is 0.256 e. The van der Waals surface area contributed by atoms with Crippen LogP contribution in [0.25, 0.3) is 0 Å². The fraction of sp³-hybridized carbons (Fsp3) is 0.130. The van der Waals surface area contributed by atoms with Gasteiger partial charge < -0.3 is 10.2 Å². The highest BCUT2D eigenvalue weighted by molar-refractivity contribution is 9.10. The Morgan fingerprint density at radius 2 is 1.87 bits per heavy atom. The second kappa shape index (κ2) is 8.20. The Labute approximate surface area is 186 Å². The number of carbonyl (C=O) groups excluding carboxylic acids is 2. The van der Waals surface area contributed by atoms with Crippen molar-refractivity contribution in [2.45, 2.75) is 13.0 Å². The molecule has 4 nitrogen and oxygen atoms in total. The first-order chi connectivity index (χ1) is 14.3. The molecule has 7 heteroatoms. The van der Waals surface area contributed by atoms with Crippen molar-refractivity contribution in [2.24, 2.45) is 0 Å². The topological polar surface area (TPSA) is 49.4 Å². The molecule has 2 amide bonds. The van der Waals surface area contributed by atoms with Gasteiger partial charge in [0.2, 0.25) is 5.91 Å². The van der Waals surface area contributed by atoms with Gasteiger partial charge in [0.25, 0.3) is 5.91 Å². The number of carbonyl (C=O) groups is 2. The number of anilines is 1. The lowest BCUT2D eigenvalue weighted by Crippen LogP contribution is -2.39. The Morgan fingerprint density at radius 1 is 1.13 bits per heavy atom. The van der Waals surface area contributed by atoms with Gasteiger partial charge in [-0.1, -0.05) is 57.4 Å². The summed E-state index contributed by atoms with van der Waals surface area (Å²) < 4.78 is 14.3. The maximum Gasteiger partial charge on any atom is 0.256 e. The number of amides is 2. The molecule has 3 aromatic carbocycles. The molecule has 1 N–H and O–H groups in total. The minimum absolute atomic E-state index is 0.169. The molecule has 4 rings (SSSR count). The zero-order valence-electron chi connectivity index (χ0n) is 16.0. The molecular formula is C23H17BrClFN2O2. The van der Waals surface area contributed by atoms with E-state index in [1.165, 1.54) is 17.0 Å². The van der Waals surface area contributed by atoms with E-state index in [2.05, 4.69) is 21.2 Å². The quantitative estimate of drug-likeness (QED) is 0.501. The minimum atomic E-state index is -0.595. The Morgan fingerprint density at radius 3 is 2.60 bits per heavy atom. The van der Waals surface area contributed by atoms with E-state index in [1.54, 1.807) is 30.3 Å². The van der Waals surface area contributed by atoms with Gasteiger partial charge in [-0.25, -0.2) is 4.39 Å². The van der Waals surface area contributed by atoms with Gasteiger partial charge in [-0.3, -0.25) is 9.59 Å². The van der Waals surface area contributed by atoms with Gasteiger partial charge in [-0.2, -0.15) is 0 Å². The molecule has 0 aromatic heterocycles. The van der Waals surface area contributed by atoms with Crippen LogP contribution in [0.4, 0.5) is 10.1 Å². The summed E-state index contributed by atoms with van der Waals surface area (Å²) in [6.07, 6.45) is 0. The predicted molar refractivity (Wildman–Crippen MR) is 118 cm³/mol. The van der Waals surface area contributed by atoms with Gasteiger partial charge in [0.05, 0.1) is 16.6 Å². The van der Waals surface area contributed by atoms with E-state index in [1.807, 2.05) is 25.1 Å². The van der Waals surface area contributed by atoms with Crippen LogP contribution in [-0.2, 0) is 4.79 Å². The number of halogens is 3. The van der Waals surface area contributed by atoms with Gasteiger partial charge in [0.1, 0.15) is 12.4 Å². The van der Waals surface area contributed by atoms with Crippen LogP contribution >= 0.6 is 27.5 Å². The largest absolute Gasteiger partial charge is 0.324 e. The summed E-state index contributed by atoms with van der Waals surface area (Å²) >= 11 is 9.68. The number of hydrogen-bond donors (Lipinski definition) is 1. The zero-order valence-corrected chi connectivity index (χ0v) is 18.3. The molecule has 1 unspecified atom stereocenters. The Kier molecular flexibility index (Phi) is 5.62. The molecular weight excluding hydrogens is 471 g/mol. The average Bonchev–Trinajstić information content (AvgIpc) is 2.85. The molecule has 0 spiro atoms. The van der Waals surface area contributed by atoms with Crippen molar-refractivity contribution in [1.82, 2.24) is 4.90 Å². The molecule has 0 saturated carbocycles. The molecule has 0 bridgehead atoms. The van der Waals surface area contributed by atoms with Crippen molar-refractivity contribution in [3.8, 4) is 0 Å². The number of nitrogens with one attached hydrogen (secondary N) is 1. The van der Waals surface area contributed by atoms with E-state index in [-0.39, 0.29) is 34.8 Å². The first-order valence-corrected chi connectivity index (χ1v) is 10.4. The van der Waals surface area contributed by atoms with E-state index in [9.17, 15) is 14.0 Å². The summed E-state index contributed by atoms with van der Waals surface area (Å²) in [4.78, 5) is 27.7. The Hall–Kier alpha value is -2.70. The van der Waals surface area contributed by atoms with Crippen LogP contribution in [0.15, 0.2) is 65.1 Å². The molecule has 3 aromatic rings. The van der Waals surface area contributed by atoms with Gasteiger partial charge in [0, 0.05) is 15.7 Å². The summed E-state index contributed by atoms with van der Waals surface area (Å²) in [6, 6.07) is 16.0. The van der Waals surface area contributed by atoms with E-state index in [0.717, 1.165) is 11.1 Å². The fourth-order valence-electron chi connectivity index (χ4n) is 3.64. The lowest BCUT2D eigenvalue weighted by atomic mass is 9.94. The molecule has 0 radical (unpaired) electrons. The maximum absolute atomic E-state index is 13.6. The summed E-state index contributed by atoms with van der Waals surface area (Å²) in [6.45, 7) is 1.77. The number of fused-ring (bicyclic) bond motifs is 1. The first kappa shape index (κ1) is 20.6. The second-order valence-corrected chi connectivity index (χ2v) is 8.47. The summed E-state index contributed by atoms with van der Waals surface area (Å²) in [5.41, 5.74) is 3.33. The molecule has 1 heterocycles. The molecule has 152 valence electrons. The fourth-order valence-corrected chi connectivity index (χ4v) is 4.20. The summed E-state index contributed by atoms with van der Waals surface area (Å²) in [7, 11) is 0. The van der Waals surface area contributed by atoms with Gasteiger partial charge in [0.15, 0.2) is 0 Å². The number of rotatable bonds is 2. The van der Waals surface area contributed by atoms with E-state index >= 15 is 0 Å². The lowest BCUT2D eigenvalue weighted by Gasteiger charge is -2.31. The Bertz CT molecular complexity index is 1150. The van der Waals surface area contributed by atoms with Crippen molar-refractivity contribution in [1.29, 1.82) is 0 Å². The number of benzene rings is 3. The summed E-state index contributed by atoms with van der Waals surface area (Å²) in [5, 5.41) is 3.16. The molecule has 30 heavy (non-hydrogen) atoms. The van der Waals surface area contributed by atoms with Crippen LogP contribution in [0.3, 0.4) is 0 Å². The highest BCUT2D eigenvalue weighted by Gasteiger charge is 2.34. The van der Waals surface area contributed by atoms with Crippen molar-refractivity contribution >= 4 is 45.0 Å². The third-order valence-electron chi connectivity index (χ3n) is 5.01. The monoisotopic (exact) mass is 486 g/mol. The molecule has 0 aliphatic carbocycles. The van der Waals surface area contributed by atoms with Crippen LogP contribution in [-0.4, -0.2) is 23.3 Å². The van der Waals surface area contributed by atoms with Crippen molar-refractivity contribution < 1.29 is 14.0 Å². The molecule has 1 atom stereocenters. The zero-order chi connectivity index (χ0) is 21.4. The molecule has 1 aliphatic heterocycles. The number of hydrogen-bond acceptors (Lipinski definition) is 2. The van der Waals surface area contributed by atoms with Crippen molar-refractivity contribution in [3.05, 3.63) is 98.2 Å². The average molecular weight is 488 g/mol. The SMILES string of the molecule is Cc1ccc2c(c1)C(c1ccc(F)cc1)N(C(=O)c1cc(Br)ccc1Cl)CC(=O)N2.